The van der Waals surface area contributed by atoms with Crippen molar-refractivity contribution in [1.82, 2.24) is 5.32 Å². The summed E-state index contributed by atoms with van der Waals surface area (Å²) in [4.78, 5) is 0. The predicted octanol–water partition coefficient (Wildman–Crippen LogP) is 2.19. The van der Waals surface area contributed by atoms with E-state index in [4.69, 9.17) is 4.74 Å². The fourth-order valence-electron chi connectivity index (χ4n) is 1.58. The van der Waals surface area contributed by atoms with Crippen molar-refractivity contribution in [3.63, 3.8) is 0 Å². The Balaban J connectivity index is 1.84. The van der Waals surface area contributed by atoms with Crippen LogP contribution in [0.25, 0.3) is 0 Å². The number of ether oxygens (including phenoxy) is 1. The van der Waals surface area contributed by atoms with Gasteiger partial charge in [-0.2, -0.15) is 0 Å². The number of nitrogens with one attached hydrogen (secondary N) is 1. The second-order valence-corrected chi connectivity index (χ2v) is 4.14. The summed E-state index contributed by atoms with van der Waals surface area (Å²) >= 11 is 0. The largest absolute Gasteiger partial charge is 0.380 e. The Hall–Kier alpha value is -0.0800. The van der Waals surface area contributed by atoms with Gasteiger partial charge in [0, 0.05) is 19.7 Å². The first kappa shape index (κ1) is 11.0. The van der Waals surface area contributed by atoms with Crippen LogP contribution in [0.4, 0.5) is 0 Å². The van der Waals surface area contributed by atoms with Crippen molar-refractivity contribution in [2.45, 2.75) is 39.5 Å². The molecule has 1 aliphatic rings. The smallest absolute Gasteiger partial charge is 0.0590 e. The van der Waals surface area contributed by atoms with E-state index in [2.05, 4.69) is 19.2 Å². The number of hydrogen-bond acceptors (Lipinski definition) is 2. The van der Waals surface area contributed by atoms with E-state index in [1.54, 1.807) is 0 Å². The van der Waals surface area contributed by atoms with Crippen LogP contribution in [0, 0.1) is 5.41 Å². The minimum atomic E-state index is 0.671. The van der Waals surface area contributed by atoms with Crippen LogP contribution in [0.3, 0.4) is 0 Å². The van der Waals surface area contributed by atoms with E-state index >= 15 is 0 Å². The Morgan fingerprint density at radius 2 is 2.00 bits per heavy atom. The predicted molar refractivity (Wildman–Crippen MR) is 55.9 cm³/mol. The quantitative estimate of drug-likeness (QED) is 0.585. The van der Waals surface area contributed by atoms with Crippen molar-refractivity contribution in [1.29, 1.82) is 0 Å². The van der Waals surface area contributed by atoms with E-state index in [0.717, 1.165) is 26.2 Å². The van der Waals surface area contributed by atoms with Crippen LogP contribution in [-0.4, -0.2) is 26.3 Å². The average Bonchev–Trinajstić information content (AvgIpc) is 2.92. The molecule has 0 aromatic rings. The average molecular weight is 185 g/mol. The summed E-state index contributed by atoms with van der Waals surface area (Å²) in [5, 5.41) is 3.47. The van der Waals surface area contributed by atoms with E-state index in [0.29, 0.717) is 5.41 Å². The summed E-state index contributed by atoms with van der Waals surface area (Å²) < 4.78 is 5.39. The normalized spacial score (nSPS) is 18.9. The van der Waals surface area contributed by atoms with Crippen molar-refractivity contribution >= 4 is 0 Å². The van der Waals surface area contributed by atoms with Crippen LogP contribution in [0.5, 0.6) is 0 Å². The van der Waals surface area contributed by atoms with Crippen molar-refractivity contribution < 1.29 is 4.74 Å². The lowest BCUT2D eigenvalue weighted by molar-refractivity contribution is 0.135. The highest BCUT2D eigenvalue weighted by Gasteiger charge is 2.39. The molecule has 2 heteroatoms. The summed E-state index contributed by atoms with van der Waals surface area (Å²) in [6.45, 7) is 8.42. The van der Waals surface area contributed by atoms with Gasteiger partial charge in [-0.1, -0.05) is 13.8 Å². The summed E-state index contributed by atoms with van der Waals surface area (Å²) in [7, 11) is 0. The Kier molecular flexibility index (Phi) is 4.74. The highest BCUT2D eigenvalue weighted by Crippen LogP contribution is 2.47. The summed E-state index contributed by atoms with van der Waals surface area (Å²) in [5.74, 6) is 0. The zero-order chi connectivity index (χ0) is 9.57. The topological polar surface area (TPSA) is 21.3 Å². The lowest BCUT2D eigenvalue weighted by Gasteiger charge is -2.13. The Morgan fingerprint density at radius 1 is 1.23 bits per heavy atom. The molecule has 0 spiro atoms. The van der Waals surface area contributed by atoms with Crippen LogP contribution in [-0.2, 0) is 4.74 Å². The fourth-order valence-corrected chi connectivity index (χ4v) is 1.58. The maximum absolute atomic E-state index is 5.39. The maximum Gasteiger partial charge on any atom is 0.0590 e. The molecule has 0 heterocycles. The van der Waals surface area contributed by atoms with Gasteiger partial charge in [0.1, 0.15) is 0 Å². The first-order valence-corrected chi connectivity index (χ1v) is 5.61. The number of rotatable bonds is 8. The molecule has 0 aromatic carbocycles. The lowest BCUT2D eigenvalue weighted by Crippen LogP contribution is -2.27. The molecule has 0 atom stereocenters. The van der Waals surface area contributed by atoms with Crippen molar-refractivity contribution in [2.24, 2.45) is 5.41 Å². The Bertz CT molecular complexity index is 132. The molecule has 0 amide bonds. The second kappa shape index (κ2) is 5.61. The zero-order valence-corrected chi connectivity index (χ0v) is 9.07. The van der Waals surface area contributed by atoms with Crippen molar-refractivity contribution in [3.05, 3.63) is 0 Å². The van der Waals surface area contributed by atoms with Crippen LogP contribution in [0.2, 0.25) is 0 Å². The van der Waals surface area contributed by atoms with Gasteiger partial charge in [0.2, 0.25) is 0 Å². The van der Waals surface area contributed by atoms with Crippen LogP contribution < -0.4 is 5.32 Å². The molecule has 2 nitrogen and oxygen atoms in total. The molecule has 0 unspecified atom stereocenters. The van der Waals surface area contributed by atoms with E-state index in [1.165, 1.54) is 25.8 Å². The fraction of sp³-hybridized carbons (Fsp3) is 1.00. The van der Waals surface area contributed by atoms with E-state index in [-0.39, 0.29) is 0 Å². The van der Waals surface area contributed by atoms with Crippen LogP contribution >= 0.6 is 0 Å². The first-order valence-electron chi connectivity index (χ1n) is 5.61. The molecule has 0 bridgehead atoms. The molecule has 0 radical (unpaired) electrons. The summed E-state index contributed by atoms with van der Waals surface area (Å²) in [6.07, 6.45) is 5.30. The van der Waals surface area contributed by atoms with Gasteiger partial charge in [0.05, 0.1) is 6.61 Å². The molecule has 78 valence electrons. The lowest BCUT2D eigenvalue weighted by atomic mass is 10.0. The van der Waals surface area contributed by atoms with Gasteiger partial charge in [-0.3, -0.25) is 0 Å². The third-order valence-corrected chi connectivity index (χ3v) is 2.98. The van der Waals surface area contributed by atoms with Gasteiger partial charge in [-0.25, -0.2) is 0 Å². The molecule has 0 aromatic heterocycles. The molecule has 1 aliphatic carbocycles. The molecule has 1 N–H and O–H groups in total. The van der Waals surface area contributed by atoms with Gasteiger partial charge in [-0.05, 0) is 31.1 Å². The molecule has 0 aliphatic heterocycles. The standard InChI is InChI=1S/C11H23NO/c1-3-8-13-9-7-12-10-11(4-2)5-6-11/h12H,3-10H2,1-2H3. The van der Waals surface area contributed by atoms with E-state index < -0.39 is 0 Å². The van der Waals surface area contributed by atoms with E-state index in [1.807, 2.05) is 0 Å². The Labute approximate surface area is 82.0 Å². The second-order valence-electron chi connectivity index (χ2n) is 4.14. The van der Waals surface area contributed by atoms with Crippen molar-refractivity contribution in [3.8, 4) is 0 Å². The monoisotopic (exact) mass is 185 g/mol. The van der Waals surface area contributed by atoms with Crippen molar-refractivity contribution in [2.75, 3.05) is 26.3 Å². The highest BCUT2D eigenvalue weighted by atomic mass is 16.5. The van der Waals surface area contributed by atoms with Crippen LogP contribution in [0.15, 0.2) is 0 Å². The molecule has 0 saturated heterocycles. The summed E-state index contributed by atoms with van der Waals surface area (Å²) in [5.41, 5.74) is 0.671. The maximum atomic E-state index is 5.39. The molecule has 1 saturated carbocycles. The van der Waals surface area contributed by atoms with Gasteiger partial charge >= 0.3 is 0 Å². The molecule has 13 heavy (non-hydrogen) atoms. The van der Waals surface area contributed by atoms with Gasteiger partial charge < -0.3 is 10.1 Å². The minimum absolute atomic E-state index is 0.671. The minimum Gasteiger partial charge on any atom is -0.380 e. The molecular weight excluding hydrogens is 162 g/mol. The highest BCUT2D eigenvalue weighted by molar-refractivity contribution is 4.93. The van der Waals surface area contributed by atoms with Crippen LogP contribution in [0.1, 0.15) is 39.5 Å². The molecular formula is C11H23NO. The SMILES string of the molecule is CCCOCCNCC1(CC)CC1. The van der Waals surface area contributed by atoms with E-state index in [9.17, 15) is 0 Å². The Morgan fingerprint density at radius 3 is 2.54 bits per heavy atom. The zero-order valence-electron chi connectivity index (χ0n) is 9.07. The van der Waals surface area contributed by atoms with Gasteiger partial charge in [0.15, 0.2) is 0 Å². The molecule has 1 fully saturated rings. The summed E-state index contributed by atoms with van der Waals surface area (Å²) in [6, 6.07) is 0. The van der Waals surface area contributed by atoms with Gasteiger partial charge in [0.25, 0.3) is 0 Å². The van der Waals surface area contributed by atoms with Gasteiger partial charge in [-0.15, -0.1) is 0 Å². The third-order valence-electron chi connectivity index (χ3n) is 2.98. The first-order chi connectivity index (χ1) is 6.33. The third kappa shape index (κ3) is 4.10. The molecule has 1 rings (SSSR count). The number of hydrogen-bond donors (Lipinski definition) is 1.